The molecule has 0 aliphatic carbocycles. The molecule has 0 amide bonds. The third kappa shape index (κ3) is 2.73. The molecule has 3 rings (SSSR count). The number of hydrogen-bond donors (Lipinski definition) is 2. The van der Waals surface area contributed by atoms with E-state index in [-0.39, 0.29) is 5.82 Å². The highest BCUT2D eigenvalue weighted by atomic mass is 19.1. The van der Waals surface area contributed by atoms with Gasteiger partial charge in [-0.05, 0) is 30.7 Å². The van der Waals surface area contributed by atoms with Crippen molar-refractivity contribution in [3.63, 3.8) is 0 Å². The topological polar surface area (TPSA) is 75.9 Å². The maximum atomic E-state index is 14.0. The van der Waals surface area contributed by atoms with E-state index in [0.29, 0.717) is 28.8 Å². The van der Waals surface area contributed by atoms with E-state index in [1.54, 1.807) is 31.6 Å². The fourth-order valence-corrected chi connectivity index (χ4v) is 1.98. The Hall–Kier alpha value is -2.96. The average molecular weight is 299 g/mol. The molecule has 0 unspecified atom stereocenters. The molecular weight excluding hydrogens is 285 g/mol. The Kier molecular flexibility index (Phi) is 3.69. The Labute approximate surface area is 126 Å². The van der Waals surface area contributed by atoms with E-state index in [1.165, 1.54) is 6.07 Å². The third-order valence-electron chi connectivity index (χ3n) is 3.08. The van der Waals surface area contributed by atoms with Crippen LogP contribution < -0.4 is 10.6 Å². The summed E-state index contributed by atoms with van der Waals surface area (Å²) in [5.41, 5.74) is 2.43. The van der Waals surface area contributed by atoms with E-state index in [0.717, 1.165) is 5.56 Å². The van der Waals surface area contributed by atoms with Crippen LogP contribution in [-0.4, -0.2) is 22.2 Å². The summed E-state index contributed by atoms with van der Waals surface area (Å²) >= 11 is 0. The standard InChI is InChI=1S/C15H14FN5O/c1-9-3-4-12(11(16)7-9)19-13-8-18-6-5-10(13)14-20-21-15(17-2)22-14/h3-8,19H,1-2H3,(H,17,21). The van der Waals surface area contributed by atoms with Crippen LogP contribution in [0.4, 0.5) is 21.8 Å². The Balaban J connectivity index is 1.97. The van der Waals surface area contributed by atoms with Gasteiger partial charge < -0.3 is 15.1 Å². The minimum atomic E-state index is -0.337. The fourth-order valence-electron chi connectivity index (χ4n) is 1.98. The van der Waals surface area contributed by atoms with Gasteiger partial charge in [0.2, 0.25) is 0 Å². The van der Waals surface area contributed by atoms with Gasteiger partial charge in [0.1, 0.15) is 5.82 Å². The third-order valence-corrected chi connectivity index (χ3v) is 3.08. The average Bonchev–Trinajstić information content (AvgIpc) is 2.99. The van der Waals surface area contributed by atoms with Crippen LogP contribution >= 0.6 is 0 Å². The second-order valence-electron chi connectivity index (χ2n) is 4.69. The molecule has 0 aliphatic heterocycles. The molecule has 3 aromatic rings. The highest BCUT2D eigenvalue weighted by Crippen LogP contribution is 2.30. The molecule has 0 aliphatic rings. The summed E-state index contributed by atoms with van der Waals surface area (Å²) in [5.74, 6) is -0.0157. The number of hydrogen-bond acceptors (Lipinski definition) is 6. The first-order chi connectivity index (χ1) is 10.7. The number of benzene rings is 1. The van der Waals surface area contributed by atoms with Crippen LogP contribution in [0.25, 0.3) is 11.5 Å². The SMILES string of the molecule is CNc1nnc(-c2ccncc2Nc2ccc(C)cc2F)o1. The molecule has 7 heteroatoms. The van der Waals surface area contributed by atoms with Crippen molar-refractivity contribution in [3.05, 3.63) is 48.0 Å². The Bertz CT molecular complexity index is 802. The lowest BCUT2D eigenvalue weighted by Crippen LogP contribution is -1.97. The Morgan fingerprint density at radius 1 is 1.14 bits per heavy atom. The highest BCUT2D eigenvalue weighted by Gasteiger charge is 2.13. The zero-order valence-corrected chi connectivity index (χ0v) is 12.1. The lowest BCUT2D eigenvalue weighted by molar-refractivity contribution is 0.585. The molecule has 22 heavy (non-hydrogen) atoms. The zero-order chi connectivity index (χ0) is 15.5. The van der Waals surface area contributed by atoms with E-state index in [9.17, 15) is 4.39 Å². The molecule has 0 fully saturated rings. The smallest absolute Gasteiger partial charge is 0.315 e. The summed E-state index contributed by atoms with van der Waals surface area (Å²) in [5, 5.41) is 13.6. The van der Waals surface area contributed by atoms with Gasteiger partial charge in [-0.2, -0.15) is 0 Å². The fraction of sp³-hybridized carbons (Fsp3) is 0.133. The van der Waals surface area contributed by atoms with Gasteiger partial charge in [-0.3, -0.25) is 4.98 Å². The van der Waals surface area contributed by atoms with E-state index in [2.05, 4.69) is 25.8 Å². The predicted molar refractivity (Wildman–Crippen MR) is 81.5 cm³/mol. The van der Waals surface area contributed by atoms with Crippen molar-refractivity contribution in [2.75, 3.05) is 17.7 Å². The molecule has 6 nitrogen and oxygen atoms in total. The van der Waals surface area contributed by atoms with Crippen molar-refractivity contribution in [2.45, 2.75) is 6.92 Å². The summed E-state index contributed by atoms with van der Waals surface area (Å²) in [6, 6.07) is 6.99. The van der Waals surface area contributed by atoms with Crippen LogP contribution in [0, 0.1) is 12.7 Å². The Morgan fingerprint density at radius 3 is 2.73 bits per heavy atom. The summed E-state index contributed by atoms with van der Waals surface area (Å²) in [6.07, 6.45) is 3.19. The van der Waals surface area contributed by atoms with Crippen molar-refractivity contribution in [1.82, 2.24) is 15.2 Å². The lowest BCUT2D eigenvalue weighted by Gasteiger charge is -2.10. The van der Waals surface area contributed by atoms with Crippen LogP contribution in [0.15, 0.2) is 41.1 Å². The predicted octanol–water partition coefficient (Wildman–Crippen LogP) is 3.36. The number of anilines is 3. The molecule has 0 spiro atoms. The lowest BCUT2D eigenvalue weighted by atomic mass is 10.2. The van der Waals surface area contributed by atoms with Gasteiger partial charge in [0.05, 0.1) is 23.1 Å². The first-order valence-electron chi connectivity index (χ1n) is 6.66. The minimum absolute atomic E-state index is 0.305. The number of pyridine rings is 1. The minimum Gasteiger partial charge on any atom is -0.403 e. The number of nitrogens with zero attached hydrogens (tertiary/aromatic N) is 3. The monoisotopic (exact) mass is 299 g/mol. The molecule has 1 aromatic carbocycles. The van der Waals surface area contributed by atoms with Crippen molar-refractivity contribution in [1.29, 1.82) is 0 Å². The van der Waals surface area contributed by atoms with Gasteiger partial charge in [0.25, 0.3) is 5.89 Å². The van der Waals surface area contributed by atoms with Crippen LogP contribution in [0.2, 0.25) is 0 Å². The number of rotatable bonds is 4. The van der Waals surface area contributed by atoms with Crippen molar-refractivity contribution in [3.8, 4) is 11.5 Å². The summed E-state index contributed by atoms with van der Waals surface area (Å²) in [4.78, 5) is 4.05. The summed E-state index contributed by atoms with van der Waals surface area (Å²) in [7, 11) is 1.69. The number of nitrogens with one attached hydrogen (secondary N) is 2. The van der Waals surface area contributed by atoms with E-state index in [4.69, 9.17) is 4.42 Å². The Morgan fingerprint density at radius 2 is 2.00 bits per heavy atom. The second kappa shape index (κ2) is 5.80. The van der Waals surface area contributed by atoms with Crippen molar-refractivity contribution >= 4 is 17.4 Å². The van der Waals surface area contributed by atoms with Gasteiger partial charge >= 0.3 is 6.01 Å². The second-order valence-corrected chi connectivity index (χ2v) is 4.69. The molecule has 2 aromatic heterocycles. The zero-order valence-electron chi connectivity index (χ0n) is 12.1. The van der Waals surface area contributed by atoms with Crippen molar-refractivity contribution in [2.24, 2.45) is 0 Å². The molecule has 0 saturated heterocycles. The molecule has 0 bridgehead atoms. The highest BCUT2D eigenvalue weighted by molar-refractivity contribution is 5.76. The van der Waals surface area contributed by atoms with Crippen molar-refractivity contribution < 1.29 is 8.81 Å². The summed E-state index contributed by atoms with van der Waals surface area (Å²) in [6.45, 7) is 1.83. The molecule has 112 valence electrons. The number of aromatic nitrogens is 3. The normalized spacial score (nSPS) is 10.5. The van der Waals surface area contributed by atoms with Crippen LogP contribution in [0.5, 0.6) is 0 Å². The maximum absolute atomic E-state index is 14.0. The molecular formula is C15H14FN5O. The van der Waals surface area contributed by atoms with E-state index < -0.39 is 0 Å². The van der Waals surface area contributed by atoms with E-state index in [1.807, 2.05) is 13.0 Å². The molecule has 0 atom stereocenters. The van der Waals surface area contributed by atoms with Crippen LogP contribution in [-0.2, 0) is 0 Å². The quantitative estimate of drug-likeness (QED) is 0.769. The van der Waals surface area contributed by atoms with Crippen LogP contribution in [0.3, 0.4) is 0 Å². The largest absolute Gasteiger partial charge is 0.403 e. The first kappa shape index (κ1) is 14.0. The van der Waals surface area contributed by atoms with Crippen LogP contribution in [0.1, 0.15) is 5.56 Å². The molecule has 0 saturated carbocycles. The number of halogens is 1. The van der Waals surface area contributed by atoms with Gasteiger partial charge in [0.15, 0.2) is 0 Å². The van der Waals surface area contributed by atoms with Gasteiger partial charge in [-0.15, -0.1) is 5.10 Å². The first-order valence-corrected chi connectivity index (χ1v) is 6.66. The maximum Gasteiger partial charge on any atom is 0.315 e. The van der Waals surface area contributed by atoms with Gasteiger partial charge in [-0.25, -0.2) is 4.39 Å². The molecule has 2 N–H and O–H groups in total. The summed E-state index contributed by atoms with van der Waals surface area (Å²) < 4.78 is 19.4. The molecule has 0 radical (unpaired) electrons. The number of aryl methyl sites for hydroxylation is 1. The van der Waals surface area contributed by atoms with Gasteiger partial charge in [0, 0.05) is 13.2 Å². The van der Waals surface area contributed by atoms with E-state index >= 15 is 0 Å². The van der Waals surface area contributed by atoms with Gasteiger partial charge in [-0.1, -0.05) is 11.2 Å². The molecule has 2 heterocycles.